The van der Waals surface area contributed by atoms with Crippen LogP contribution in [-0.4, -0.2) is 37.3 Å². The number of hydrogen-bond donors (Lipinski definition) is 1. The van der Waals surface area contributed by atoms with Crippen LogP contribution in [0.2, 0.25) is 10.0 Å². The zero-order chi connectivity index (χ0) is 14.0. The van der Waals surface area contributed by atoms with E-state index in [1.54, 1.807) is 6.07 Å². The number of benzene rings is 1. The van der Waals surface area contributed by atoms with Gasteiger partial charge in [0.2, 0.25) is 0 Å². The van der Waals surface area contributed by atoms with E-state index in [4.69, 9.17) is 23.2 Å². The van der Waals surface area contributed by atoms with Gasteiger partial charge in [-0.2, -0.15) is 13.2 Å². The fourth-order valence-electron chi connectivity index (χ4n) is 2.27. The molecular formula is C12H13Cl2F3N2. The van der Waals surface area contributed by atoms with Gasteiger partial charge in [0.1, 0.15) is 6.04 Å². The monoisotopic (exact) mass is 312 g/mol. The largest absolute Gasteiger partial charge is 0.408 e. The maximum absolute atomic E-state index is 13.4. The van der Waals surface area contributed by atoms with Crippen molar-refractivity contribution < 1.29 is 13.2 Å². The van der Waals surface area contributed by atoms with E-state index in [2.05, 4.69) is 5.32 Å². The van der Waals surface area contributed by atoms with Crippen LogP contribution in [0.4, 0.5) is 13.2 Å². The van der Waals surface area contributed by atoms with Crippen molar-refractivity contribution in [2.24, 2.45) is 0 Å². The summed E-state index contributed by atoms with van der Waals surface area (Å²) in [6.45, 7) is 1.67. The Morgan fingerprint density at radius 2 is 1.63 bits per heavy atom. The Morgan fingerprint density at radius 1 is 1.11 bits per heavy atom. The molecule has 0 saturated carbocycles. The molecule has 1 aliphatic heterocycles. The van der Waals surface area contributed by atoms with E-state index in [9.17, 15) is 13.2 Å². The molecule has 0 spiro atoms. The van der Waals surface area contributed by atoms with Gasteiger partial charge in [-0.05, 0) is 12.1 Å². The fourth-order valence-corrected chi connectivity index (χ4v) is 2.87. The fraction of sp³-hybridized carbons (Fsp3) is 0.500. The van der Waals surface area contributed by atoms with Crippen LogP contribution < -0.4 is 5.32 Å². The summed E-state index contributed by atoms with van der Waals surface area (Å²) in [6, 6.07) is 2.66. The Labute approximate surface area is 119 Å². The van der Waals surface area contributed by atoms with Gasteiger partial charge in [0.15, 0.2) is 0 Å². The van der Waals surface area contributed by atoms with Crippen molar-refractivity contribution in [3.8, 4) is 0 Å². The van der Waals surface area contributed by atoms with Crippen molar-refractivity contribution in [3.63, 3.8) is 0 Å². The van der Waals surface area contributed by atoms with Gasteiger partial charge in [-0.3, -0.25) is 4.90 Å². The number of rotatable bonds is 2. The molecular weight excluding hydrogens is 300 g/mol. The van der Waals surface area contributed by atoms with Crippen molar-refractivity contribution >= 4 is 23.2 Å². The Balaban J connectivity index is 2.43. The van der Waals surface area contributed by atoms with Crippen molar-refractivity contribution in [1.82, 2.24) is 10.2 Å². The van der Waals surface area contributed by atoms with Crippen molar-refractivity contribution in [2.45, 2.75) is 12.2 Å². The molecule has 2 rings (SSSR count). The van der Waals surface area contributed by atoms with Gasteiger partial charge in [-0.15, -0.1) is 0 Å². The van der Waals surface area contributed by atoms with E-state index in [1.165, 1.54) is 17.0 Å². The van der Waals surface area contributed by atoms with Gasteiger partial charge < -0.3 is 5.32 Å². The van der Waals surface area contributed by atoms with Gasteiger partial charge in [0, 0.05) is 41.8 Å². The number of nitrogens with one attached hydrogen (secondary N) is 1. The van der Waals surface area contributed by atoms with E-state index in [0.717, 1.165) is 0 Å². The third-order valence-electron chi connectivity index (χ3n) is 3.10. The summed E-state index contributed by atoms with van der Waals surface area (Å²) in [5.41, 5.74) is -0.0553. The SMILES string of the molecule is FC(F)(F)[C@@H](c1c(Cl)cccc1Cl)N1CCNCC1. The first-order chi connectivity index (χ1) is 8.91. The third-order valence-corrected chi connectivity index (χ3v) is 3.76. The molecule has 1 fully saturated rings. The van der Waals surface area contributed by atoms with Crippen LogP contribution in [0.3, 0.4) is 0 Å². The minimum atomic E-state index is -4.41. The van der Waals surface area contributed by atoms with Crippen LogP contribution >= 0.6 is 23.2 Å². The smallest absolute Gasteiger partial charge is 0.314 e. The van der Waals surface area contributed by atoms with Crippen LogP contribution in [-0.2, 0) is 0 Å². The van der Waals surface area contributed by atoms with Gasteiger partial charge in [-0.25, -0.2) is 0 Å². The molecule has 0 amide bonds. The van der Waals surface area contributed by atoms with Crippen LogP contribution in [0.25, 0.3) is 0 Å². The van der Waals surface area contributed by atoms with E-state index >= 15 is 0 Å². The highest BCUT2D eigenvalue weighted by molar-refractivity contribution is 6.36. The van der Waals surface area contributed by atoms with Gasteiger partial charge in [0.05, 0.1) is 0 Å². The second kappa shape index (κ2) is 5.87. The number of piperazine rings is 1. The highest BCUT2D eigenvalue weighted by Crippen LogP contribution is 2.43. The minimum Gasteiger partial charge on any atom is -0.314 e. The summed E-state index contributed by atoms with van der Waals surface area (Å²) < 4.78 is 40.1. The normalized spacial score (nSPS) is 19.4. The van der Waals surface area contributed by atoms with E-state index < -0.39 is 12.2 Å². The Morgan fingerprint density at radius 3 is 2.11 bits per heavy atom. The molecule has 1 N–H and O–H groups in total. The average molecular weight is 313 g/mol. The molecule has 1 aromatic rings. The molecule has 1 atom stereocenters. The van der Waals surface area contributed by atoms with E-state index in [0.29, 0.717) is 26.2 Å². The first-order valence-electron chi connectivity index (χ1n) is 5.86. The van der Waals surface area contributed by atoms with Gasteiger partial charge >= 0.3 is 6.18 Å². The Kier molecular flexibility index (Phi) is 4.61. The van der Waals surface area contributed by atoms with Crippen molar-refractivity contribution in [1.29, 1.82) is 0 Å². The molecule has 0 aliphatic carbocycles. The molecule has 0 aromatic heterocycles. The van der Waals surface area contributed by atoms with Crippen LogP contribution in [0, 0.1) is 0 Å². The van der Waals surface area contributed by atoms with E-state index in [1.807, 2.05) is 0 Å². The molecule has 0 unspecified atom stereocenters. The van der Waals surface area contributed by atoms with Gasteiger partial charge in [0.25, 0.3) is 0 Å². The van der Waals surface area contributed by atoms with Crippen LogP contribution in [0.1, 0.15) is 11.6 Å². The first kappa shape index (κ1) is 14.9. The zero-order valence-corrected chi connectivity index (χ0v) is 11.5. The topological polar surface area (TPSA) is 15.3 Å². The second-order valence-electron chi connectivity index (χ2n) is 4.37. The van der Waals surface area contributed by atoms with Crippen molar-refractivity contribution in [2.75, 3.05) is 26.2 Å². The first-order valence-corrected chi connectivity index (χ1v) is 6.62. The lowest BCUT2D eigenvalue weighted by molar-refractivity contribution is -0.187. The molecule has 106 valence electrons. The number of alkyl halides is 3. The predicted molar refractivity (Wildman–Crippen MR) is 69.7 cm³/mol. The molecule has 1 aliphatic rings. The molecule has 1 saturated heterocycles. The molecule has 0 radical (unpaired) electrons. The molecule has 1 aromatic carbocycles. The number of nitrogens with zero attached hydrogens (tertiary/aromatic N) is 1. The summed E-state index contributed by atoms with van der Waals surface area (Å²) >= 11 is 11.8. The van der Waals surface area contributed by atoms with E-state index in [-0.39, 0.29) is 15.6 Å². The highest BCUT2D eigenvalue weighted by atomic mass is 35.5. The molecule has 0 bridgehead atoms. The average Bonchev–Trinajstić information content (AvgIpc) is 2.33. The van der Waals surface area contributed by atoms with Gasteiger partial charge in [-0.1, -0.05) is 29.3 Å². The number of hydrogen-bond acceptors (Lipinski definition) is 2. The molecule has 2 nitrogen and oxygen atoms in total. The maximum atomic E-state index is 13.4. The predicted octanol–water partition coefficient (Wildman–Crippen LogP) is 3.50. The standard InChI is InChI=1S/C12H13Cl2F3N2/c13-8-2-1-3-9(14)10(8)11(12(15,16)17)19-6-4-18-5-7-19/h1-3,11,18H,4-7H2/t11-/m1/s1. The molecule has 1 heterocycles. The zero-order valence-electron chi connectivity index (χ0n) is 9.97. The molecule has 19 heavy (non-hydrogen) atoms. The summed E-state index contributed by atoms with van der Waals surface area (Å²) in [7, 11) is 0. The maximum Gasteiger partial charge on any atom is 0.408 e. The lowest BCUT2D eigenvalue weighted by Crippen LogP contribution is -2.49. The highest BCUT2D eigenvalue weighted by Gasteiger charge is 2.46. The summed E-state index contributed by atoms with van der Waals surface area (Å²) in [5.74, 6) is 0. The summed E-state index contributed by atoms with van der Waals surface area (Å²) in [5, 5.41) is 3.13. The quantitative estimate of drug-likeness (QED) is 0.899. The third kappa shape index (κ3) is 3.34. The van der Waals surface area contributed by atoms with Crippen LogP contribution in [0.15, 0.2) is 18.2 Å². The van der Waals surface area contributed by atoms with Crippen molar-refractivity contribution in [3.05, 3.63) is 33.8 Å². The Bertz CT molecular complexity index is 425. The molecule has 7 heteroatoms. The number of halogens is 5. The van der Waals surface area contributed by atoms with Crippen LogP contribution in [0.5, 0.6) is 0 Å². The minimum absolute atomic E-state index is 0.0494. The Hall–Kier alpha value is -0.490. The lowest BCUT2D eigenvalue weighted by Gasteiger charge is -2.36. The summed E-state index contributed by atoms with van der Waals surface area (Å²) in [6.07, 6.45) is -4.41. The lowest BCUT2D eigenvalue weighted by atomic mass is 10.0. The second-order valence-corrected chi connectivity index (χ2v) is 5.18. The summed E-state index contributed by atoms with van der Waals surface area (Å²) in [4.78, 5) is 1.36.